The van der Waals surface area contributed by atoms with Crippen molar-refractivity contribution in [3.05, 3.63) is 29.8 Å². The first kappa shape index (κ1) is 12.4. The van der Waals surface area contributed by atoms with Crippen LogP contribution in [0.1, 0.15) is 31.7 Å². The van der Waals surface area contributed by atoms with Gasteiger partial charge in [-0.3, -0.25) is 0 Å². The molecule has 0 saturated heterocycles. The molecule has 0 aliphatic carbocycles. The zero-order valence-corrected chi connectivity index (χ0v) is 10.3. The van der Waals surface area contributed by atoms with Crippen molar-refractivity contribution in [2.24, 2.45) is 0 Å². The molecule has 1 aromatic rings. The quantitative estimate of drug-likeness (QED) is 0.434. The third-order valence-corrected chi connectivity index (χ3v) is 2.70. The summed E-state index contributed by atoms with van der Waals surface area (Å²) in [4.78, 5) is 0. The van der Waals surface area contributed by atoms with Gasteiger partial charge in [-0.1, -0.05) is 37.5 Å². The van der Waals surface area contributed by atoms with E-state index in [1.54, 1.807) is 0 Å². The highest BCUT2D eigenvalue weighted by atomic mass is 32.2. The summed E-state index contributed by atoms with van der Waals surface area (Å²) in [6, 6.07) is 8.06. The van der Waals surface area contributed by atoms with E-state index in [1.807, 2.05) is 24.3 Å². The zero-order valence-electron chi connectivity index (χ0n) is 9.45. The van der Waals surface area contributed by atoms with Gasteiger partial charge in [0.25, 0.3) is 0 Å². The molecule has 0 aliphatic rings. The van der Waals surface area contributed by atoms with Crippen LogP contribution in [0.25, 0.3) is 0 Å². The highest BCUT2D eigenvalue weighted by molar-refractivity contribution is 7.93. The first-order valence-electron chi connectivity index (χ1n) is 5.46. The van der Waals surface area contributed by atoms with Crippen molar-refractivity contribution in [3.8, 4) is 5.75 Å². The summed E-state index contributed by atoms with van der Waals surface area (Å²) < 4.78 is 8.62. The van der Waals surface area contributed by atoms with Crippen LogP contribution in [0.2, 0.25) is 0 Å². The van der Waals surface area contributed by atoms with Gasteiger partial charge in [0.15, 0.2) is 0 Å². The average Bonchev–Trinajstić information content (AvgIpc) is 2.26. The van der Waals surface area contributed by atoms with Gasteiger partial charge in [0, 0.05) is 6.54 Å². The Morgan fingerprint density at radius 3 is 2.60 bits per heavy atom. The van der Waals surface area contributed by atoms with Gasteiger partial charge in [-0.15, -0.1) is 0 Å². The molecule has 0 radical (unpaired) electrons. The Hall–Kier alpha value is -0.670. The van der Waals surface area contributed by atoms with Crippen molar-refractivity contribution in [1.82, 2.24) is 4.72 Å². The lowest BCUT2D eigenvalue weighted by Gasteiger charge is -2.04. The van der Waals surface area contributed by atoms with Crippen LogP contribution >= 0.6 is 12.2 Å². The van der Waals surface area contributed by atoms with Crippen LogP contribution in [0.5, 0.6) is 5.75 Å². The fourth-order valence-corrected chi connectivity index (χ4v) is 1.65. The van der Waals surface area contributed by atoms with E-state index in [0.29, 0.717) is 0 Å². The summed E-state index contributed by atoms with van der Waals surface area (Å²) in [6.07, 6.45) is 3.74. The van der Waals surface area contributed by atoms with Gasteiger partial charge in [0.05, 0.1) is 0 Å². The molecule has 2 nitrogen and oxygen atoms in total. The van der Waals surface area contributed by atoms with Crippen LogP contribution in [0, 0.1) is 6.92 Å². The van der Waals surface area contributed by atoms with Crippen molar-refractivity contribution in [2.45, 2.75) is 33.1 Å². The predicted octanol–water partition coefficient (Wildman–Crippen LogP) is 3.72. The number of hydrogen-bond donors (Lipinski definition) is 1. The molecule has 0 spiro atoms. The Morgan fingerprint density at radius 2 is 1.93 bits per heavy atom. The van der Waals surface area contributed by atoms with E-state index in [0.717, 1.165) is 12.3 Å². The molecule has 0 aromatic heterocycles. The van der Waals surface area contributed by atoms with Crippen LogP contribution in [0.3, 0.4) is 0 Å². The Balaban J connectivity index is 2.07. The van der Waals surface area contributed by atoms with Gasteiger partial charge in [-0.2, -0.15) is 0 Å². The Labute approximate surface area is 96.8 Å². The van der Waals surface area contributed by atoms with Crippen LogP contribution < -0.4 is 8.91 Å². The molecule has 0 saturated carbocycles. The first-order valence-corrected chi connectivity index (χ1v) is 6.20. The van der Waals surface area contributed by atoms with E-state index < -0.39 is 0 Å². The van der Waals surface area contributed by atoms with Crippen LogP contribution in [0.4, 0.5) is 0 Å². The number of hydrogen-bond acceptors (Lipinski definition) is 3. The minimum Gasteiger partial charge on any atom is -0.410 e. The first-order chi connectivity index (χ1) is 7.33. The van der Waals surface area contributed by atoms with E-state index in [1.165, 1.54) is 37.1 Å². The molecule has 0 unspecified atom stereocenters. The lowest BCUT2D eigenvalue weighted by molar-refractivity contribution is 0.626. The number of unbranched alkanes of at least 4 members (excludes halogenated alkanes) is 2. The molecule has 84 valence electrons. The fourth-order valence-electron chi connectivity index (χ4n) is 1.16. The summed E-state index contributed by atoms with van der Waals surface area (Å²) in [6.45, 7) is 5.28. The average molecular weight is 225 g/mol. The van der Waals surface area contributed by atoms with E-state index >= 15 is 0 Å². The van der Waals surface area contributed by atoms with Crippen molar-refractivity contribution < 1.29 is 4.18 Å². The van der Waals surface area contributed by atoms with E-state index in [-0.39, 0.29) is 0 Å². The maximum Gasteiger partial charge on any atom is 0.143 e. The van der Waals surface area contributed by atoms with Gasteiger partial charge >= 0.3 is 0 Å². The predicted molar refractivity (Wildman–Crippen MR) is 66.9 cm³/mol. The molecule has 0 atom stereocenters. The third-order valence-electron chi connectivity index (χ3n) is 2.10. The van der Waals surface area contributed by atoms with Gasteiger partial charge in [-0.05, 0) is 25.5 Å². The molecular formula is C12H19NOS. The molecule has 0 aliphatic heterocycles. The highest BCUT2D eigenvalue weighted by Crippen LogP contribution is 2.15. The monoisotopic (exact) mass is 225 g/mol. The molecule has 0 heterocycles. The molecule has 1 N–H and O–H groups in total. The minimum absolute atomic E-state index is 0.897. The molecule has 0 bridgehead atoms. The third kappa shape index (κ3) is 5.70. The fraction of sp³-hybridized carbons (Fsp3) is 0.500. The lowest BCUT2D eigenvalue weighted by Crippen LogP contribution is -2.07. The van der Waals surface area contributed by atoms with Gasteiger partial charge in [0.2, 0.25) is 0 Å². The molecule has 0 amide bonds. The van der Waals surface area contributed by atoms with Crippen molar-refractivity contribution >= 4 is 12.2 Å². The molecular weight excluding hydrogens is 206 g/mol. The second-order valence-electron chi connectivity index (χ2n) is 3.58. The normalized spacial score (nSPS) is 10.3. The van der Waals surface area contributed by atoms with Crippen LogP contribution in [-0.4, -0.2) is 6.54 Å². The molecule has 1 rings (SSSR count). The van der Waals surface area contributed by atoms with Gasteiger partial charge < -0.3 is 4.18 Å². The Morgan fingerprint density at radius 1 is 1.20 bits per heavy atom. The van der Waals surface area contributed by atoms with E-state index in [2.05, 4.69) is 18.6 Å². The summed E-state index contributed by atoms with van der Waals surface area (Å²) in [7, 11) is 0. The number of benzene rings is 1. The van der Waals surface area contributed by atoms with E-state index in [4.69, 9.17) is 4.18 Å². The smallest absolute Gasteiger partial charge is 0.143 e. The number of rotatable bonds is 7. The largest absolute Gasteiger partial charge is 0.410 e. The molecule has 15 heavy (non-hydrogen) atoms. The maximum atomic E-state index is 5.45. The van der Waals surface area contributed by atoms with Crippen LogP contribution in [-0.2, 0) is 0 Å². The SMILES string of the molecule is CCCCCNSOc1ccc(C)cc1. The number of nitrogens with one attached hydrogen (secondary N) is 1. The second-order valence-corrected chi connectivity index (χ2v) is 4.20. The van der Waals surface area contributed by atoms with Crippen molar-refractivity contribution in [1.29, 1.82) is 0 Å². The maximum absolute atomic E-state index is 5.45. The lowest BCUT2D eigenvalue weighted by atomic mass is 10.2. The second kappa shape index (κ2) is 7.60. The van der Waals surface area contributed by atoms with Crippen molar-refractivity contribution in [3.63, 3.8) is 0 Å². The Bertz CT molecular complexity index is 261. The molecule has 0 fully saturated rings. The summed E-state index contributed by atoms with van der Waals surface area (Å²) >= 11 is 1.31. The number of aryl methyl sites for hydroxylation is 1. The molecule has 1 aromatic carbocycles. The standard InChI is InChI=1S/C12H19NOS/c1-3-4-5-10-13-15-14-12-8-6-11(2)7-9-12/h6-9,13H,3-5,10H2,1-2H3. The van der Waals surface area contributed by atoms with Crippen LogP contribution in [0.15, 0.2) is 24.3 Å². The zero-order chi connectivity index (χ0) is 10.9. The topological polar surface area (TPSA) is 21.3 Å². The van der Waals surface area contributed by atoms with E-state index in [9.17, 15) is 0 Å². The summed E-state index contributed by atoms with van der Waals surface area (Å²) in [5, 5.41) is 0. The van der Waals surface area contributed by atoms with Crippen molar-refractivity contribution in [2.75, 3.05) is 6.54 Å². The molecule has 3 heteroatoms. The van der Waals surface area contributed by atoms with Gasteiger partial charge in [-0.25, -0.2) is 4.72 Å². The summed E-state index contributed by atoms with van der Waals surface area (Å²) in [5.41, 5.74) is 1.25. The van der Waals surface area contributed by atoms with Gasteiger partial charge in [0.1, 0.15) is 18.0 Å². The highest BCUT2D eigenvalue weighted by Gasteiger charge is 1.93. The Kier molecular flexibility index (Phi) is 6.28. The minimum atomic E-state index is 0.897. The summed E-state index contributed by atoms with van der Waals surface area (Å²) in [5.74, 6) is 0.897.